The Morgan fingerprint density at radius 1 is 0.950 bits per heavy atom. The molecule has 2 aromatic carbocycles. The molecule has 2 aromatic rings. The van der Waals surface area contributed by atoms with Crippen LogP contribution in [0.2, 0.25) is 0 Å². The van der Waals surface area contributed by atoms with Crippen molar-refractivity contribution in [2.75, 3.05) is 6.54 Å². The molecule has 0 saturated heterocycles. The first kappa shape index (κ1) is 14.5. The number of benzene rings is 2. The van der Waals surface area contributed by atoms with Crippen LogP contribution in [-0.2, 0) is 0 Å². The Balaban J connectivity index is 1.97. The summed E-state index contributed by atoms with van der Waals surface area (Å²) in [6.45, 7) is 5.30. The van der Waals surface area contributed by atoms with E-state index in [-0.39, 0.29) is 0 Å². The minimum Gasteiger partial charge on any atom is -0.310 e. The third kappa shape index (κ3) is 4.07. The van der Waals surface area contributed by atoms with E-state index in [0.29, 0.717) is 6.04 Å². The predicted octanol–water partition coefficient (Wildman–Crippen LogP) is 4.97. The van der Waals surface area contributed by atoms with Crippen molar-refractivity contribution in [1.29, 1.82) is 0 Å². The van der Waals surface area contributed by atoms with Crippen LogP contribution in [0.4, 0.5) is 0 Å². The van der Waals surface area contributed by atoms with Crippen LogP contribution in [0.25, 0.3) is 11.1 Å². The van der Waals surface area contributed by atoms with Crippen LogP contribution in [0.3, 0.4) is 0 Å². The van der Waals surface area contributed by atoms with Crippen molar-refractivity contribution >= 4 is 0 Å². The van der Waals surface area contributed by atoms with E-state index in [1.807, 2.05) is 0 Å². The third-order valence-electron chi connectivity index (χ3n) is 3.52. The summed E-state index contributed by atoms with van der Waals surface area (Å²) in [6.07, 6.45) is 5.38. The van der Waals surface area contributed by atoms with Crippen LogP contribution in [0.1, 0.15) is 31.9 Å². The van der Waals surface area contributed by atoms with Crippen molar-refractivity contribution in [3.63, 3.8) is 0 Å². The zero-order valence-electron chi connectivity index (χ0n) is 12.3. The molecule has 20 heavy (non-hydrogen) atoms. The van der Waals surface area contributed by atoms with Crippen molar-refractivity contribution in [2.24, 2.45) is 0 Å². The molecule has 0 heterocycles. The number of hydrogen-bond donors (Lipinski definition) is 1. The Hall–Kier alpha value is -1.86. The van der Waals surface area contributed by atoms with E-state index in [1.54, 1.807) is 0 Å². The van der Waals surface area contributed by atoms with Crippen molar-refractivity contribution in [3.8, 4) is 11.1 Å². The molecule has 0 aliphatic heterocycles. The normalized spacial score (nSPS) is 12.7. The third-order valence-corrected chi connectivity index (χ3v) is 3.52. The molecule has 0 saturated carbocycles. The van der Waals surface area contributed by atoms with Gasteiger partial charge in [-0.15, -0.1) is 0 Å². The van der Waals surface area contributed by atoms with Gasteiger partial charge in [-0.3, -0.25) is 0 Å². The summed E-state index contributed by atoms with van der Waals surface area (Å²) in [5.41, 5.74) is 3.88. The maximum absolute atomic E-state index is 3.54. The topological polar surface area (TPSA) is 12.0 Å². The second-order valence-electron chi connectivity index (χ2n) is 5.02. The van der Waals surface area contributed by atoms with Gasteiger partial charge in [0.2, 0.25) is 0 Å². The van der Waals surface area contributed by atoms with Crippen LogP contribution in [-0.4, -0.2) is 6.54 Å². The van der Waals surface area contributed by atoms with Gasteiger partial charge in [-0.05, 0) is 43.5 Å². The van der Waals surface area contributed by atoms with Crippen LogP contribution >= 0.6 is 0 Å². The zero-order valence-corrected chi connectivity index (χ0v) is 12.3. The second kappa shape index (κ2) is 7.66. The molecule has 0 aliphatic rings. The molecular formula is C19H23N. The molecule has 0 bridgehead atoms. The second-order valence-corrected chi connectivity index (χ2v) is 5.02. The molecule has 1 nitrogen and oxygen atoms in total. The summed E-state index contributed by atoms with van der Waals surface area (Å²) in [7, 11) is 0. The van der Waals surface area contributed by atoms with Gasteiger partial charge in [0.15, 0.2) is 0 Å². The fraction of sp³-hybridized carbons (Fsp3) is 0.263. The zero-order chi connectivity index (χ0) is 14.2. The van der Waals surface area contributed by atoms with Gasteiger partial charge in [0.25, 0.3) is 0 Å². The lowest BCUT2D eigenvalue weighted by Crippen LogP contribution is -2.19. The minimum atomic E-state index is 0.394. The number of rotatable bonds is 6. The molecule has 0 aromatic heterocycles. The van der Waals surface area contributed by atoms with Crippen LogP contribution in [0, 0.1) is 0 Å². The van der Waals surface area contributed by atoms with E-state index in [9.17, 15) is 0 Å². The lowest BCUT2D eigenvalue weighted by Gasteiger charge is -2.14. The molecule has 0 aliphatic carbocycles. The number of allylic oxidation sites excluding steroid dienone is 1. The highest BCUT2D eigenvalue weighted by Crippen LogP contribution is 2.21. The Morgan fingerprint density at radius 3 is 2.25 bits per heavy atom. The predicted molar refractivity (Wildman–Crippen MR) is 87.7 cm³/mol. The fourth-order valence-corrected chi connectivity index (χ4v) is 2.26. The van der Waals surface area contributed by atoms with Gasteiger partial charge in [0.05, 0.1) is 0 Å². The van der Waals surface area contributed by atoms with Gasteiger partial charge in [-0.1, -0.05) is 66.7 Å². The Labute approximate surface area is 122 Å². The Kier molecular flexibility index (Phi) is 5.57. The summed E-state index contributed by atoms with van der Waals surface area (Å²) < 4.78 is 0. The molecule has 1 atom stereocenters. The quantitative estimate of drug-likeness (QED) is 0.574. The molecular weight excluding hydrogens is 242 g/mol. The van der Waals surface area contributed by atoms with E-state index in [1.165, 1.54) is 16.7 Å². The lowest BCUT2D eigenvalue weighted by atomic mass is 10.0. The molecule has 0 radical (unpaired) electrons. The highest BCUT2D eigenvalue weighted by atomic mass is 14.9. The first-order chi connectivity index (χ1) is 9.81. The molecule has 0 fully saturated rings. The Bertz CT molecular complexity index is 525. The average molecular weight is 265 g/mol. The standard InChI is InChI=1S/C19H23N/c1-3-4-8-15-20-16(2)17-11-13-19(14-12-17)18-9-6-5-7-10-18/h3-7,9-14,16,20H,8,15H2,1-2H3/b4-3+. The highest BCUT2D eigenvalue weighted by molar-refractivity contribution is 5.63. The summed E-state index contributed by atoms with van der Waals surface area (Å²) >= 11 is 0. The van der Waals surface area contributed by atoms with E-state index in [0.717, 1.165) is 13.0 Å². The van der Waals surface area contributed by atoms with Crippen molar-refractivity contribution in [3.05, 3.63) is 72.3 Å². The molecule has 0 spiro atoms. The first-order valence-electron chi connectivity index (χ1n) is 7.31. The molecule has 1 heteroatoms. The Morgan fingerprint density at radius 2 is 1.60 bits per heavy atom. The maximum atomic E-state index is 3.54. The van der Waals surface area contributed by atoms with Gasteiger partial charge in [-0.25, -0.2) is 0 Å². The SMILES string of the molecule is C/C=C/CCNC(C)c1ccc(-c2ccccc2)cc1. The number of hydrogen-bond acceptors (Lipinski definition) is 1. The van der Waals surface area contributed by atoms with Crippen molar-refractivity contribution in [2.45, 2.75) is 26.3 Å². The minimum absolute atomic E-state index is 0.394. The van der Waals surface area contributed by atoms with E-state index in [2.05, 4.69) is 85.9 Å². The van der Waals surface area contributed by atoms with Crippen molar-refractivity contribution in [1.82, 2.24) is 5.32 Å². The first-order valence-corrected chi connectivity index (χ1v) is 7.31. The molecule has 0 amide bonds. The maximum Gasteiger partial charge on any atom is 0.0291 e. The molecule has 2 rings (SSSR count). The van der Waals surface area contributed by atoms with Crippen LogP contribution in [0.15, 0.2) is 66.7 Å². The van der Waals surface area contributed by atoms with Gasteiger partial charge in [0, 0.05) is 6.04 Å². The lowest BCUT2D eigenvalue weighted by molar-refractivity contribution is 0.581. The average Bonchev–Trinajstić information content (AvgIpc) is 2.52. The smallest absolute Gasteiger partial charge is 0.0291 e. The summed E-state index contributed by atoms with van der Waals surface area (Å²) in [5, 5.41) is 3.54. The largest absolute Gasteiger partial charge is 0.310 e. The molecule has 1 unspecified atom stereocenters. The van der Waals surface area contributed by atoms with E-state index < -0.39 is 0 Å². The molecule has 1 N–H and O–H groups in total. The van der Waals surface area contributed by atoms with Gasteiger partial charge >= 0.3 is 0 Å². The summed E-state index contributed by atoms with van der Waals surface area (Å²) in [6, 6.07) is 19.7. The number of nitrogens with one attached hydrogen (secondary N) is 1. The molecule has 104 valence electrons. The van der Waals surface area contributed by atoms with Crippen molar-refractivity contribution < 1.29 is 0 Å². The summed E-state index contributed by atoms with van der Waals surface area (Å²) in [5.74, 6) is 0. The van der Waals surface area contributed by atoms with Gasteiger partial charge < -0.3 is 5.32 Å². The summed E-state index contributed by atoms with van der Waals surface area (Å²) in [4.78, 5) is 0. The van der Waals surface area contributed by atoms with Gasteiger partial charge in [0.1, 0.15) is 0 Å². The monoisotopic (exact) mass is 265 g/mol. The van der Waals surface area contributed by atoms with Crippen LogP contribution in [0.5, 0.6) is 0 Å². The van der Waals surface area contributed by atoms with E-state index >= 15 is 0 Å². The fourth-order valence-electron chi connectivity index (χ4n) is 2.26. The van der Waals surface area contributed by atoms with Crippen LogP contribution < -0.4 is 5.32 Å². The highest BCUT2D eigenvalue weighted by Gasteiger charge is 2.04. The van der Waals surface area contributed by atoms with Gasteiger partial charge in [-0.2, -0.15) is 0 Å². The van der Waals surface area contributed by atoms with E-state index in [4.69, 9.17) is 0 Å².